The molecule has 0 atom stereocenters. The Morgan fingerprint density at radius 1 is 1.54 bits per heavy atom. The number of methoxy groups -OCH3 is 1. The van der Waals surface area contributed by atoms with Gasteiger partial charge in [-0.05, 0) is 18.2 Å². The van der Waals surface area contributed by atoms with Gasteiger partial charge in [0.25, 0.3) is 0 Å². The first-order valence-corrected chi connectivity index (χ1v) is 3.74. The number of rotatable bonds is 1. The fraction of sp³-hybridized carbons (Fsp3) is 0.111. The molecule has 0 spiro atoms. The number of carbonyl (C=O) groups is 1. The van der Waals surface area contributed by atoms with Crippen LogP contribution in [-0.4, -0.2) is 18.2 Å². The maximum absolute atomic E-state index is 11.1. The summed E-state index contributed by atoms with van der Waals surface area (Å²) < 4.78 is 9.46. The van der Waals surface area contributed by atoms with E-state index in [1.807, 2.05) is 0 Å². The maximum Gasteiger partial charge on any atom is 0.337 e. The number of nitrogens with zero attached hydrogens (tertiary/aromatic N) is 1. The highest BCUT2D eigenvalue weighted by Crippen LogP contribution is 2.15. The SMILES string of the molecule is COC(=O)c1ccc2oncc2c1. The van der Waals surface area contributed by atoms with Crippen molar-refractivity contribution in [3.05, 3.63) is 30.0 Å². The van der Waals surface area contributed by atoms with Gasteiger partial charge in [0.05, 0.1) is 18.9 Å². The summed E-state index contributed by atoms with van der Waals surface area (Å²) >= 11 is 0. The van der Waals surface area contributed by atoms with E-state index < -0.39 is 0 Å². The van der Waals surface area contributed by atoms with Crippen LogP contribution in [0.2, 0.25) is 0 Å². The molecule has 0 N–H and O–H groups in total. The number of fused-ring (bicyclic) bond motifs is 1. The van der Waals surface area contributed by atoms with Crippen molar-refractivity contribution in [1.82, 2.24) is 5.16 Å². The zero-order chi connectivity index (χ0) is 9.26. The number of ether oxygens (including phenoxy) is 1. The van der Waals surface area contributed by atoms with Gasteiger partial charge in [-0.2, -0.15) is 0 Å². The van der Waals surface area contributed by atoms with Gasteiger partial charge in [0.1, 0.15) is 0 Å². The average molecular weight is 177 g/mol. The van der Waals surface area contributed by atoms with Crippen molar-refractivity contribution in [1.29, 1.82) is 0 Å². The van der Waals surface area contributed by atoms with Crippen molar-refractivity contribution in [2.24, 2.45) is 0 Å². The maximum atomic E-state index is 11.1. The van der Waals surface area contributed by atoms with Crippen LogP contribution >= 0.6 is 0 Å². The standard InChI is InChI=1S/C9H7NO3/c1-12-9(11)6-2-3-8-7(4-6)5-10-13-8/h2-5H,1H3. The summed E-state index contributed by atoms with van der Waals surface area (Å²) in [5.41, 5.74) is 1.16. The lowest BCUT2D eigenvalue weighted by molar-refractivity contribution is 0.0601. The highest BCUT2D eigenvalue weighted by Gasteiger charge is 2.06. The van der Waals surface area contributed by atoms with Gasteiger partial charge in [0.2, 0.25) is 0 Å². The van der Waals surface area contributed by atoms with E-state index in [1.54, 1.807) is 24.4 Å². The quantitative estimate of drug-likeness (QED) is 0.621. The minimum atomic E-state index is -0.358. The van der Waals surface area contributed by atoms with E-state index >= 15 is 0 Å². The van der Waals surface area contributed by atoms with E-state index in [1.165, 1.54) is 7.11 Å². The van der Waals surface area contributed by atoms with Crippen molar-refractivity contribution < 1.29 is 14.1 Å². The molecule has 4 nitrogen and oxygen atoms in total. The predicted octanol–water partition coefficient (Wildman–Crippen LogP) is 1.61. The Kier molecular flexibility index (Phi) is 1.73. The van der Waals surface area contributed by atoms with Gasteiger partial charge in [-0.3, -0.25) is 0 Å². The molecule has 66 valence electrons. The monoisotopic (exact) mass is 177 g/mol. The number of hydrogen-bond donors (Lipinski definition) is 0. The third-order valence-electron chi connectivity index (χ3n) is 1.77. The second-order valence-corrected chi connectivity index (χ2v) is 2.57. The zero-order valence-electron chi connectivity index (χ0n) is 6.98. The van der Waals surface area contributed by atoms with Gasteiger partial charge in [-0.25, -0.2) is 4.79 Å². The molecule has 0 aliphatic heterocycles. The van der Waals surface area contributed by atoms with Crippen LogP contribution in [-0.2, 0) is 4.74 Å². The molecule has 0 amide bonds. The highest BCUT2D eigenvalue weighted by molar-refractivity contribution is 5.93. The molecule has 0 bridgehead atoms. The molecule has 2 rings (SSSR count). The molecule has 0 saturated carbocycles. The molecule has 0 aliphatic carbocycles. The molecule has 2 aromatic rings. The Hall–Kier alpha value is -1.84. The van der Waals surface area contributed by atoms with Crippen LogP contribution in [0.3, 0.4) is 0 Å². The first kappa shape index (κ1) is 7.79. The number of carbonyl (C=O) groups excluding carboxylic acids is 1. The molecule has 0 fully saturated rings. The Morgan fingerprint density at radius 2 is 2.38 bits per heavy atom. The minimum Gasteiger partial charge on any atom is -0.465 e. The van der Waals surface area contributed by atoms with Crippen molar-refractivity contribution in [2.45, 2.75) is 0 Å². The lowest BCUT2D eigenvalue weighted by Gasteiger charge is -1.96. The number of benzene rings is 1. The number of aromatic nitrogens is 1. The number of esters is 1. The predicted molar refractivity (Wildman–Crippen MR) is 45.3 cm³/mol. The molecular formula is C9H7NO3. The minimum absolute atomic E-state index is 0.358. The molecule has 4 heteroatoms. The summed E-state index contributed by atoms with van der Waals surface area (Å²) in [6.07, 6.45) is 1.56. The van der Waals surface area contributed by atoms with Gasteiger partial charge in [0, 0.05) is 5.39 Å². The van der Waals surface area contributed by atoms with Crippen molar-refractivity contribution in [3.63, 3.8) is 0 Å². The van der Waals surface area contributed by atoms with E-state index in [4.69, 9.17) is 4.52 Å². The fourth-order valence-electron chi connectivity index (χ4n) is 1.12. The van der Waals surface area contributed by atoms with Crippen molar-refractivity contribution in [3.8, 4) is 0 Å². The molecule has 13 heavy (non-hydrogen) atoms. The topological polar surface area (TPSA) is 52.3 Å². The molecule has 1 heterocycles. The molecule has 1 aromatic heterocycles. The Morgan fingerprint density at radius 3 is 3.15 bits per heavy atom. The van der Waals surface area contributed by atoms with Crippen LogP contribution in [0.15, 0.2) is 28.9 Å². The zero-order valence-corrected chi connectivity index (χ0v) is 6.98. The Balaban J connectivity index is 2.54. The van der Waals surface area contributed by atoms with Crippen LogP contribution in [0, 0.1) is 0 Å². The summed E-state index contributed by atoms with van der Waals surface area (Å²) in [6.45, 7) is 0. The average Bonchev–Trinajstić information content (AvgIpc) is 2.63. The summed E-state index contributed by atoms with van der Waals surface area (Å²) in [4.78, 5) is 11.1. The highest BCUT2D eigenvalue weighted by atomic mass is 16.5. The van der Waals surface area contributed by atoms with E-state index in [-0.39, 0.29) is 5.97 Å². The van der Waals surface area contributed by atoms with Gasteiger partial charge >= 0.3 is 5.97 Å². The van der Waals surface area contributed by atoms with E-state index in [0.29, 0.717) is 11.1 Å². The molecule has 0 radical (unpaired) electrons. The second-order valence-electron chi connectivity index (χ2n) is 2.57. The summed E-state index contributed by atoms with van der Waals surface area (Å²) in [6, 6.07) is 5.01. The van der Waals surface area contributed by atoms with Gasteiger partial charge < -0.3 is 9.26 Å². The lowest BCUT2D eigenvalue weighted by Crippen LogP contribution is -1.99. The first-order valence-electron chi connectivity index (χ1n) is 3.74. The van der Waals surface area contributed by atoms with E-state index in [2.05, 4.69) is 9.89 Å². The van der Waals surface area contributed by atoms with Crippen molar-refractivity contribution in [2.75, 3.05) is 7.11 Å². The smallest absolute Gasteiger partial charge is 0.337 e. The molecule has 0 unspecified atom stereocenters. The van der Waals surface area contributed by atoms with E-state index in [9.17, 15) is 4.79 Å². The number of hydrogen-bond acceptors (Lipinski definition) is 4. The Bertz CT molecular complexity index is 447. The Labute approximate surface area is 74.1 Å². The van der Waals surface area contributed by atoms with E-state index in [0.717, 1.165) is 5.39 Å². The van der Waals surface area contributed by atoms with Gasteiger partial charge in [-0.15, -0.1) is 0 Å². The van der Waals surface area contributed by atoms with Crippen LogP contribution in [0.5, 0.6) is 0 Å². The van der Waals surface area contributed by atoms with Gasteiger partial charge in [-0.1, -0.05) is 5.16 Å². The molecule has 1 aromatic carbocycles. The second kappa shape index (κ2) is 2.90. The summed E-state index contributed by atoms with van der Waals surface area (Å²) in [5.74, 6) is -0.358. The van der Waals surface area contributed by atoms with Crippen LogP contribution in [0.25, 0.3) is 11.0 Å². The normalized spacial score (nSPS) is 10.2. The van der Waals surface area contributed by atoms with Crippen LogP contribution in [0.1, 0.15) is 10.4 Å². The lowest BCUT2D eigenvalue weighted by atomic mass is 10.2. The van der Waals surface area contributed by atoms with Crippen molar-refractivity contribution >= 4 is 16.9 Å². The third-order valence-corrected chi connectivity index (χ3v) is 1.77. The molecule has 0 saturated heterocycles. The fourth-order valence-corrected chi connectivity index (χ4v) is 1.12. The molecular weight excluding hydrogens is 170 g/mol. The van der Waals surface area contributed by atoms with Gasteiger partial charge in [0.15, 0.2) is 5.58 Å². The van der Waals surface area contributed by atoms with Crippen LogP contribution < -0.4 is 0 Å². The van der Waals surface area contributed by atoms with Crippen LogP contribution in [0.4, 0.5) is 0 Å². The first-order chi connectivity index (χ1) is 6.31. The summed E-state index contributed by atoms with van der Waals surface area (Å²) in [5, 5.41) is 4.39. The summed E-state index contributed by atoms with van der Waals surface area (Å²) in [7, 11) is 1.35. The third kappa shape index (κ3) is 1.26. The molecule has 0 aliphatic rings. The largest absolute Gasteiger partial charge is 0.465 e.